The van der Waals surface area contributed by atoms with E-state index in [0.29, 0.717) is 33.9 Å². The first-order valence-corrected chi connectivity index (χ1v) is 9.43. The zero-order chi connectivity index (χ0) is 18.8. The minimum Gasteiger partial charge on any atom is -0.493 e. The maximum Gasteiger partial charge on any atom is 0.283 e. The molecule has 0 N–H and O–H groups in total. The molecule has 0 fully saturated rings. The Bertz CT molecular complexity index is 1070. The number of benzene rings is 1. The SMILES string of the molecule is COc1cc(-c2nnc(Sc3ncnc4sccc34)o2)cc(OC)c1OC. The highest BCUT2D eigenvalue weighted by atomic mass is 32.2. The van der Waals surface area contributed by atoms with Crippen molar-refractivity contribution in [1.29, 1.82) is 0 Å². The third-order valence-electron chi connectivity index (χ3n) is 3.73. The molecule has 1 aromatic carbocycles. The van der Waals surface area contributed by atoms with E-state index in [1.54, 1.807) is 44.8 Å². The lowest BCUT2D eigenvalue weighted by Gasteiger charge is -2.12. The van der Waals surface area contributed by atoms with E-state index in [1.165, 1.54) is 18.1 Å². The van der Waals surface area contributed by atoms with E-state index < -0.39 is 0 Å². The lowest BCUT2D eigenvalue weighted by molar-refractivity contribution is 0.324. The number of hydrogen-bond donors (Lipinski definition) is 0. The van der Waals surface area contributed by atoms with Crippen molar-refractivity contribution in [2.45, 2.75) is 10.2 Å². The average Bonchev–Trinajstić information content (AvgIpc) is 3.36. The van der Waals surface area contributed by atoms with E-state index >= 15 is 0 Å². The molecule has 10 heteroatoms. The maximum absolute atomic E-state index is 5.80. The molecule has 4 aromatic rings. The minimum absolute atomic E-state index is 0.340. The lowest BCUT2D eigenvalue weighted by Crippen LogP contribution is -1.95. The third-order valence-corrected chi connectivity index (χ3v) is 5.41. The Kier molecular flexibility index (Phi) is 4.82. The van der Waals surface area contributed by atoms with Gasteiger partial charge < -0.3 is 18.6 Å². The van der Waals surface area contributed by atoms with Gasteiger partial charge in [-0.05, 0) is 35.3 Å². The summed E-state index contributed by atoms with van der Waals surface area (Å²) in [5, 5.41) is 12.3. The largest absolute Gasteiger partial charge is 0.493 e. The molecule has 0 aliphatic heterocycles. The van der Waals surface area contributed by atoms with Crippen LogP contribution in [0.2, 0.25) is 0 Å². The van der Waals surface area contributed by atoms with Crippen molar-refractivity contribution in [1.82, 2.24) is 20.2 Å². The molecule has 0 radical (unpaired) electrons. The normalized spacial score (nSPS) is 10.9. The van der Waals surface area contributed by atoms with E-state index in [0.717, 1.165) is 15.2 Å². The quantitative estimate of drug-likeness (QED) is 0.445. The molecule has 0 unspecified atom stereocenters. The predicted octanol–water partition coefficient (Wildman–Crippen LogP) is 3.92. The van der Waals surface area contributed by atoms with Gasteiger partial charge in [-0.2, -0.15) is 0 Å². The summed E-state index contributed by atoms with van der Waals surface area (Å²) in [5.41, 5.74) is 0.659. The van der Waals surface area contributed by atoms with Crippen LogP contribution in [0.1, 0.15) is 0 Å². The van der Waals surface area contributed by atoms with Crippen LogP contribution in [0.15, 0.2) is 44.6 Å². The first-order chi connectivity index (χ1) is 13.2. The third kappa shape index (κ3) is 3.28. The van der Waals surface area contributed by atoms with Gasteiger partial charge in [0.2, 0.25) is 11.6 Å². The summed E-state index contributed by atoms with van der Waals surface area (Å²) in [6.07, 6.45) is 1.53. The number of fused-ring (bicyclic) bond motifs is 1. The molecule has 0 saturated heterocycles. The van der Waals surface area contributed by atoms with Crippen molar-refractivity contribution >= 4 is 33.3 Å². The van der Waals surface area contributed by atoms with E-state index in [-0.39, 0.29) is 0 Å². The van der Waals surface area contributed by atoms with Gasteiger partial charge in [0.05, 0.1) is 21.3 Å². The molecule has 3 aromatic heterocycles. The molecule has 4 rings (SSSR count). The van der Waals surface area contributed by atoms with Crippen LogP contribution >= 0.6 is 23.1 Å². The van der Waals surface area contributed by atoms with Gasteiger partial charge in [-0.3, -0.25) is 0 Å². The van der Waals surface area contributed by atoms with Gasteiger partial charge in [0.25, 0.3) is 5.22 Å². The van der Waals surface area contributed by atoms with Crippen LogP contribution in [0.5, 0.6) is 17.2 Å². The van der Waals surface area contributed by atoms with Crippen molar-refractivity contribution in [3.63, 3.8) is 0 Å². The van der Waals surface area contributed by atoms with Gasteiger partial charge in [-0.25, -0.2) is 9.97 Å². The Balaban J connectivity index is 1.67. The molecule has 0 amide bonds. The lowest BCUT2D eigenvalue weighted by atomic mass is 10.2. The van der Waals surface area contributed by atoms with Gasteiger partial charge in [-0.15, -0.1) is 21.5 Å². The van der Waals surface area contributed by atoms with E-state index in [4.69, 9.17) is 18.6 Å². The van der Waals surface area contributed by atoms with E-state index in [9.17, 15) is 0 Å². The molecule has 0 saturated carbocycles. The van der Waals surface area contributed by atoms with E-state index in [1.807, 2.05) is 11.4 Å². The number of ether oxygens (including phenoxy) is 3. The molecule has 0 aliphatic carbocycles. The van der Waals surface area contributed by atoms with Crippen LogP contribution in [0, 0.1) is 0 Å². The van der Waals surface area contributed by atoms with Gasteiger partial charge in [0.15, 0.2) is 11.5 Å². The topological polar surface area (TPSA) is 92.4 Å². The standard InChI is InChI=1S/C17H14N4O4S2/c1-22-11-6-9(7-12(23-2)13(11)24-3)14-20-21-17(25-14)27-16-10-4-5-26-15(10)18-8-19-16/h4-8H,1-3H3. The molecule has 27 heavy (non-hydrogen) atoms. The fourth-order valence-electron chi connectivity index (χ4n) is 2.50. The molecule has 138 valence electrons. The summed E-state index contributed by atoms with van der Waals surface area (Å²) >= 11 is 2.85. The predicted molar refractivity (Wildman–Crippen MR) is 101 cm³/mol. The molecule has 0 aliphatic rings. The van der Waals surface area contributed by atoms with E-state index in [2.05, 4.69) is 20.2 Å². The van der Waals surface area contributed by atoms with Gasteiger partial charge in [0, 0.05) is 10.9 Å². The number of rotatable bonds is 6. The number of hydrogen-bond acceptors (Lipinski definition) is 10. The Labute approximate surface area is 162 Å². The van der Waals surface area contributed by atoms with Crippen molar-refractivity contribution in [3.8, 4) is 28.7 Å². The number of methoxy groups -OCH3 is 3. The van der Waals surface area contributed by atoms with Crippen LogP contribution in [-0.4, -0.2) is 41.5 Å². The zero-order valence-corrected chi connectivity index (χ0v) is 16.3. The first kappa shape index (κ1) is 17.6. The van der Waals surface area contributed by atoms with Gasteiger partial charge in [-0.1, -0.05) is 0 Å². The molecule has 8 nitrogen and oxygen atoms in total. The summed E-state index contributed by atoms with van der Waals surface area (Å²) in [6, 6.07) is 5.48. The highest BCUT2D eigenvalue weighted by molar-refractivity contribution is 7.99. The molecule has 0 atom stereocenters. The summed E-state index contributed by atoms with van der Waals surface area (Å²) in [7, 11) is 4.66. The molecular weight excluding hydrogens is 388 g/mol. The second-order valence-corrected chi connectivity index (χ2v) is 7.04. The van der Waals surface area contributed by atoms with Gasteiger partial charge >= 0.3 is 0 Å². The second-order valence-electron chi connectivity index (χ2n) is 5.21. The Morgan fingerprint density at radius 1 is 1.00 bits per heavy atom. The second kappa shape index (κ2) is 7.41. The number of aromatic nitrogens is 4. The van der Waals surface area contributed by atoms with Crippen LogP contribution in [0.3, 0.4) is 0 Å². The number of nitrogens with zero attached hydrogens (tertiary/aromatic N) is 4. The molecular formula is C17H14N4O4S2. The van der Waals surface area contributed by atoms with Crippen LogP contribution in [-0.2, 0) is 0 Å². The summed E-state index contributed by atoms with van der Waals surface area (Å²) in [5.74, 6) is 1.86. The maximum atomic E-state index is 5.80. The highest BCUT2D eigenvalue weighted by Crippen LogP contribution is 2.41. The zero-order valence-electron chi connectivity index (χ0n) is 14.6. The highest BCUT2D eigenvalue weighted by Gasteiger charge is 2.18. The smallest absolute Gasteiger partial charge is 0.283 e. The van der Waals surface area contributed by atoms with Gasteiger partial charge in [0.1, 0.15) is 16.2 Å². The van der Waals surface area contributed by atoms with Crippen LogP contribution < -0.4 is 14.2 Å². The Morgan fingerprint density at radius 2 is 1.78 bits per heavy atom. The van der Waals surface area contributed by atoms with Crippen LogP contribution in [0.4, 0.5) is 0 Å². The van der Waals surface area contributed by atoms with Crippen molar-refractivity contribution < 1.29 is 18.6 Å². The fourth-order valence-corrected chi connectivity index (χ4v) is 4.04. The van der Waals surface area contributed by atoms with Crippen molar-refractivity contribution in [3.05, 3.63) is 29.9 Å². The summed E-state index contributed by atoms with van der Waals surface area (Å²) in [6.45, 7) is 0. The Hall–Kier alpha value is -2.85. The molecule has 3 heterocycles. The summed E-state index contributed by atoms with van der Waals surface area (Å²) in [4.78, 5) is 9.46. The molecule has 0 bridgehead atoms. The van der Waals surface area contributed by atoms with Crippen molar-refractivity contribution in [2.75, 3.05) is 21.3 Å². The van der Waals surface area contributed by atoms with Crippen LogP contribution in [0.25, 0.3) is 21.7 Å². The Morgan fingerprint density at radius 3 is 2.48 bits per heavy atom. The first-order valence-electron chi connectivity index (χ1n) is 7.73. The van der Waals surface area contributed by atoms with Crippen molar-refractivity contribution in [2.24, 2.45) is 0 Å². The minimum atomic E-state index is 0.340. The fraction of sp³-hybridized carbons (Fsp3) is 0.176. The average molecular weight is 402 g/mol. The number of thiophene rings is 1. The summed E-state index contributed by atoms with van der Waals surface area (Å²) < 4.78 is 21.9. The molecule has 0 spiro atoms. The monoisotopic (exact) mass is 402 g/mol.